The second-order valence-electron chi connectivity index (χ2n) is 11.4. The molecule has 2 saturated carbocycles. The minimum Gasteiger partial charge on any atom is -0.390 e. The summed E-state index contributed by atoms with van der Waals surface area (Å²) in [5.74, 6) is -4.58. The van der Waals surface area contributed by atoms with Crippen LogP contribution in [-0.4, -0.2) is 71.1 Å². The molecular weight excluding hydrogens is 571 g/mol. The molecule has 0 unspecified atom stereocenters. The summed E-state index contributed by atoms with van der Waals surface area (Å²) >= 11 is 0. The van der Waals surface area contributed by atoms with Gasteiger partial charge in [0.05, 0.1) is 47.3 Å². The van der Waals surface area contributed by atoms with Gasteiger partial charge in [-0.2, -0.15) is 18.3 Å². The number of fused-ring (bicyclic) bond motifs is 1. The molecule has 1 atom stereocenters. The van der Waals surface area contributed by atoms with E-state index < -0.39 is 59.9 Å². The van der Waals surface area contributed by atoms with Crippen LogP contribution < -0.4 is 10.6 Å². The first-order chi connectivity index (χ1) is 19.6. The van der Waals surface area contributed by atoms with E-state index in [0.29, 0.717) is 0 Å². The Bertz CT molecular complexity index is 1470. The third-order valence-corrected chi connectivity index (χ3v) is 7.90. The summed E-state index contributed by atoms with van der Waals surface area (Å²) < 4.78 is 71.7. The van der Waals surface area contributed by atoms with Gasteiger partial charge in [0, 0.05) is 19.4 Å². The number of aromatic nitrogens is 6. The fourth-order valence-electron chi connectivity index (χ4n) is 5.84. The van der Waals surface area contributed by atoms with Crippen molar-refractivity contribution in [1.29, 1.82) is 0 Å². The van der Waals surface area contributed by atoms with Crippen molar-refractivity contribution in [3.63, 3.8) is 0 Å². The van der Waals surface area contributed by atoms with Gasteiger partial charge in [0.1, 0.15) is 5.69 Å². The number of aryl methyl sites for hydroxylation is 1. The van der Waals surface area contributed by atoms with Gasteiger partial charge in [-0.25, -0.2) is 27.9 Å². The molecule has 2 fully saturated rings. The fourth-order valence-corrected chi connectivity index (χ4v) is 5.84. The molecule has 5 rings (SSSR count). The zero-order chi connectivity index (χ0) is 30.5. The smallest absolute Gasteiger partial charge is 0.390 e. The normalized spacial score (nSPS) is 25.1. The molecule has 0 saturated heterocycles. The number of hydrogen-bond acceptors (Lipinski definition) is 9. The summed E-state index contributed by atoms with van der Waals surface area (Å²) in [6.45, 7) is 2.38. The van der Waals surface area contributed by atoms with Crippen LogP contribution in [0.4, 0.5) is 22.0 Å². The van der Waals surface area contributed by atoms with Crippen molar-refractivity contribution < 1.29 is 41.3 Å². The molecule has 0 bridgehead atoms. The molecule has 0 radical (unpaired) electrons. The molecule has 0 spiro atoms. The van der Waals surface area contributed by atoms with Gasteiger partial charge >= 0.3 is 6.18 Å². The highest BCUT2D eigenvalue weighted by atomic mass is 19.4. The third kappa shape index (κ3) is 6.05. The Morgan fingerprint density at radius 1 is 1.19 bits per heavy atom. The summed E-state index contributed by atoms with van der Waals surface area (Å²) in [7, 11) is 0. The van der Waals surface area contributed by atoms with Gasteiger partial charge < -0.3 is 15.7 Å². The molecule has 2 aliphatic rings. The van der Waals surface area contributed by atoms with E-state index in [9.17, 15) is 36.6 Å². The molecule has 17 heteroatoms. The monoisotopic (exact) mass is 600 g/mol. The van der Waals surface area contributed by atoms with E-state index >= 15 is 0 Å². The lowest BCUT2D eigenvalue weighted by molar-refractivity contribution is -0.148. The van der Waals surface area contributed by atoms with Gasteiger partial charge in [-0.15, -0.1) is 0 Å². The predicted octanol–water partition coefficient (Wildman–Crippen LogP) is 2.96. The highest BCUT2D eigenvalue weighted by molar-refractivity contribution is 5.93. The SMILES string of the molecule is Cc1nonc1C(=O)N[C@H](c1cn2ncc(C3(C(=O)NCCC(F)(F)F)CC(C)(O)C3)nc2n1)C1CCC(F)(F)CC1. The summed E-state index contributed by atoms with van der Waals surface area (Å²) in [5.41, 5.74) is -2.14. The Morgan fingerprint density at radius 2 is 1.88 bits per heavy atom. The zero-order valence-corrected chi connectivity index (χ0v) is 22.7. The van der Waals surface area contributed by atoms with E-state index in [0.717, 1.165) is 0 Å². The summed E-state index contributed by atoms with van der Waals surface area (Å²) in [6.07, 6.45) is -3.66. The fraction of sp³-hybridized carbons (Fsp3) is 0.640. The van der Waals surface area contributed by atoms with Crippen LogP contribution in [0.15, 0.2) is 17.0 Å². The Morgan fingerprint density at radius 3 is 2.48 bits per heavy atom. The first kappa shape index (κ1) is 29.7. The Hall–Kier alpha value is -3.76. The Kier molecular flexibility index (Phi) is 7.43. The lowest BCUT2D eigenvalue weighted by Gasteiger charge is -2.49. The van der Waals surface area contributed by atoms with Crippen LogP contribution in [0.3, 0.4) is 0 Å². The maximum absolute atomic E-state index is 13.9. The van der Waals surface area contributed by atoms with Crippen molar-refractivity contribution in [1.82, 2.24) is 40.5 Å². The van der Waals surface area contributed by atoms with Crippen molar-refractivity contribution in [2.24, 2.45) is 5.92 Å². The summed E-state index contributed by atoms with van der Waals surface area (Å²) in [4.78, 5) is 35.0. The Labute approximate surface area is 235 Å². The summed E-state index contributed by atoms with van der Waals surface area (Å²) in [6, 6.07) is -0.833. The van der Waals surface area contributed by atoms with Crippen LogP contribution in [0, 0.1) is 12.8 Å². The lowest BCUT2D eigenvalue weighted by atomic mass is 9.57. The van der Waals surface area contributed by atoms with Crippen molar-refractivity contribution in [2.45, 2.75) is 87.9 Å². The first-order valence-corrected chi connectivity index (χ1v) is 13.4. The molecule has 2 aliphatic carbocycles. The second kappa shape index (κ2) is 10.5. The number of nitrogens with zero attached hydrogens (tertiary/aromatic N) is 6. The first-order valence-electron chi connectivity index (χ1n) is 13.4. The van der Waals surface area contributed by atoms with Crippen molar-refractivity contribution >= 4 is 17.6 Å². The highest BCUT2D eigenvalue weighted by Gasteiger charge is 2.58. The minimum absolute atomic E-state index is 0.0104. The number of alkyl halides is 5. The van der Waals surface area contributed by atoms with Crippen LogP contribution in [0.25, 0.3) is 5.78 Å². The van der Waals surface area contributed by atoms with Gasteiger partial charge in [-0.05, 0) is 50.6 Å². The molecular formula is C25H29F5N8O4. The van der Waals surface area contributed by atoms with Crippen molar-refractivity contribution in [2.75, 3.05) is 6.54 Å². The molecule has 0 aromatic carbocycles. The van der Waals surface area contributed by atoms with Crippen LogP contribution in [0.2, 0.25) is 0 Å². The second-order valence-corrected chi connectivity index (χ2v) is 11.4. The van der Waals surface area contributed by atoms with Crippen LogP contribution in [0.5, 0.6) is 0 Å². The van der Waals surface area contributed by atoms with Gasteiger partial charge in [-0.3, -0.25) is 9.59 Å². The minimum atomic E-state index is -4.46. The van der Waals surface area contributed by atoms with Crippen molar-refractivity contribution in [3.8, 4) is 0 Å². The largest absolute Gasteiger partial charge is 0.390 e. The number of nitrogens with one attached hydrogen (secondary N) is 2. The lowest BCUT2D eigenvalue weighted by Crippen LogP contribution is -2.61. The molecule has 228 valence electrons. The molecule has 2 amide bonds. The molecule has 12 nitrogen and oxygen atoms in total. The average Bonchev–Trinajstić information content (AvgIpc) is 3.50. The number of halogens is 5. The number of imidazole rings is 1. The number of rotatable bonds is 8. The van der Waals surface area contributed by atoms with Gasteiger partial charge in [0.25, 0.3) is 11.7 Å². The molecule has 0 aliphatic heterocycles. The van der Waals surface area contributed by atoms with Crippen molar-refractivity contribution in [3.05, 3.63) is 35.2 Å². The third-order valence-electron chi connectivity index (χ3n) is 7.90. The van der Waals surface area contributed by atoms with E-state index in [1.54, 1.807) is 0 Å². The highest BCUT2D eigenvalue weighted by Crippen LogP contribution is 2.50. The quantitative estimate of drug-likeness (QED) is 0.330. The van der Waals surface area contributed by atoms with E-state index in [1.165, 1.54) is 30.8 Å². The number of amides is 2. The molecule has 3 aromatic heterocycles. The summed E-state index contributed by atoms with van der Waals surface area (Å²) in [5, 5.41) is 27.0. The Balaban J connectivity index is 1.44. The molecule has 3 heterocycles. The van der Waals surface area contributed by atoms with Crippen LogP contribution in [0.1, 0.15) is 85.5 Å². The standard InChI is InChI=1S/C25H29F5N8O4/c1-13-17(37-42-36-13)19(39)35-18(14-3-5-24(26,27)6-4-14)15-10-38-21(33-15)34-16(9-32-38)23(11-22(2,41)12-23)20(40)31-8-7-25(28,29)30/h9-10,14,18,41H,3-8,11-12H2,1-2H3,(H,31,40)(H,35,39)/t18-,22?,23?/m0/s1. The van der Waals surface area contributed by atoms with E-state index in [-0.39, 0.29) is 67.1 Å². The molecule has 42 heavy (non-hydrogen) atoms. The van der Waals surface area contributed by atoms with E-state index in [1.807, 2.05) is 0 Å². The van der Waals surface area contributed by atoms with Gasteiger partial charge in [0.15, 0.2) is 5.69 Å². The average molecular weight is 601 g/mol. The number of hydrogen-bond donors (Lipinski definition) is 3. The number of aliphatic hydroxyl groups is 1. The topological polar surface area (TPSA) is 160 Å². The zero-order valence-electron chi connectivity index (χ0n) is 22.7. The van der Waals surface area contributed by atoms with Crippen LogP contribution in [-0.2, 0) is 10.2 Å². The van der Waals surface area contributed by atoms with Crippen LogP contribution >= 0.6 is 0 Å². The van der Waals surface area contributed by atoms with Gasteiger partial charge in [0.2, 0.25) is 11.8 Å². The number of carbonyl (C=O) groups is 2. The maximum Gasteiger partial charge on any atom is 0.390 e. The predicted molar refractivity (Wildman–Crippen MR) is 132 cm³/mol. The van der Waals surface area contributed by atoms with E-state index in [4.69, 9.17) is 0 Å². The maximum atomic E-state index is 13.9. The number of carbonyl (C=O) groups excluding carboxylic acids is 2. The molecule has 3 aromatic rings. The molecule has 3 N–H and O–H groups in total. The van der Waals surface area contributed by atoms with Gasteiger partial charge in [-0.1, -0.05) is 5.16 Å². The van der Waals surface area contributed by atoms with E-state index in [2.05, 4.69) is 40.6 Å².